The van der Waals surface area contributed by atoms with Crippen molar-refractivity contribution < 1.29 is 19.0 Å². The van der Waals surface area contributed by atoms with Gasteiger partial charge in [-0.05, 0) is 56.5 Å². The summed E-state index contributed by atoms with van der Waals surface area (Å²) in [5.41, 5.74) is 2.71. The third kappa shape index (κ3) is 4.51. The van der Waals surface area contributed by atoms with Gasteiger partial charge in [-0.25, -0.2) is 9.78 Å². The Hall–Kier alpha value is -2.80. The maximum absolute atomic E-state index is 12.9. The molecule has 7 nitrogen and oxygen atoms in total. The van der Waals surface area contributed by atoms with Crippen LogP contribution >= 0.6 is 0 Å². The molecule has 4 aliphatic heterocycles. The van der Waals surface area contributed by atoms with Gasteiger partial charge in [0.1, 0.15) is 11.9 Å². The number of hydrogen-bond donors (Lipinski definition) is 1. The van der Waals surface area contributed by atoms with E-state index in [1.54, 1.807) is 6.20 Å². The molecular formula is C26H33N3O4. The molecule has 2 atom stereocenters. The molecule has 3 saturated heterocycles. The Morgan fingerprint density at radius 3 is 2.67 bits per heavy atom. The van der Waals surface area contributed by atoms with Crippen LogP contribution in [0.5, 0.6) is 11.6 Å². The molecule has 1 aromatic carbocycles. The van der Waals surface area contributed by atoms with Gasteiger partial charge in [0.2, 0.25) is 5.88 Å². The number of nitrogens with zero attached hydrogens (tertiary/aromatic N) is 2. The first-order chi connectivity index (χ1) is 15.9. The van der Waals surface area contributed by atoms with Crippen LogP contribution in [0, 0.1) is 11.3 Å². The molecule has 0 saturated carbocycles. The zero-order valence-electron chi connectivity index (χ0n) is 19.7. The Morgan fingerprint density at radius 2 is 2.00 bits per heavy atom. The highest BCUT2D eigenvalue weighted by Gasteiger charge is 2.41. The molecule has 1 aromatic heterocycles. The zero-order valence-corrected chi connectivity index (χ0v) is 19.7. The molecule has 1 N–H and O–H groups in total. The number of benzene rings is 1. The summed E-state index contributed by atoms with van der Waals surface area (Å²) >= 11 is 0. The smallest absolute Gasteiger partial charge is 0.407 e. The number of rotatable bonds is 5. The number of fused-ring (bicyclic) bond motifs is 4. The van der Waals surface area contributed by atoms with Gasteiger partial charge in [0, 0.05) is 35.3 Å². The summed E-state index contributed by atoms with van der Waals surface area (Å²) in [4.78, 5) is 19.7. The topological polar surface area (TPSA) is 72.9 Å². The van der Waals surface area contributed by atoms with E-state index in [9.17, 15) is 4.79 Å². The van der Waals surface area contributed by atoms with Gasteiger partial charge >= 0.3 is 6.09 Å². The van der Waals surface area contributed by atoms with Crippen molar-refractivity contribution in [2.24, 2.45) is 11.3 Å². The number of amides is 1. The Balaban J connectivity index is 1.32. The van der Waals surface area contributed by atoms with Crippen molar-refractivity contribution in [1.29, 1.82) is 0 Å². The van der Waals surface area contributed by atoms with Crippen LogP contribution < -0.4 is 14.8 Å². The standard InChI is InChI=1S/C26H33N3O4/c1-4-31-23-8-6-19(14-27-23)18-5-7-20-21(13-18)32-16-26(2,3)24(20)28-25(30)33-22-15-29-11-9-17(22)10-12-29/h5-8,13-14,17,22,24H,4,9-12,15-16H2,1-3H3,(H,28,30)/t22-,24?/m0/s1. The maximum Gasteiger partial charge on any atom is 0.407 e. The lowest BCUT2D eigenvalue weighted by atomic mass is 9.78. The van der Waals surface area contributed by atoms with Crippen LogP contribution in [0.15, 0.2) is 36.5 Å². The molecule has 33 heavy (non-hydrogen) atoms. The number of carbonyl (C=O) groups excluding carboxylic acids is 1. The van der Waals surface area contributed by atoms with Gasteiger partial charge in [-0.3, -0.25) is 4.90 Å². The zero-order chi connectivity index (χ0) is 23.0. The predicted molar refractivity (Wildman–Crippen MR) is 125 cm³/mol. The predicted octanol–water partition coefficient (Wildman–Crippen LogP) is 4.43. The van der Waals surface area contributed by atoms with Gasteiger partial charge < -0.3 is 19.5 Å². The van der Waals surface area contributed by atoms with Crippen molar-refractivity contribution >= 4 is 6.09 Å². The molecular weight excluding hydrogens is 418 g/mol. The molecule has 7 heteroatoms. The molecule has 4 aliphatic rings. The first-order valence-corrected chi connectivity index (χ1v) is 12.0. The quantitative estimate of drug-likeness (QED) is 0.725. The third-order valence-electron chi connectivity index (χ3n) is 7.18. The van der Waals surface area contributed by atoms with E-state index in [1.165, 1.54) is 0 Å². The highest BCUT2D eigenvalue weighted by molar-refractivity contribution is 5.70. The van der Waals surface area contributed by atoms with Crippen LogP contribution in [-0.2, 0) is 4.74 Å². The summed E-state index contributed by atoms with van der Waals surface area (Å²) in [6.45, 7) is 10.4. The van der Waals surface area contributed by atoms with E-state index in [2.05, 4.69) is 29.0 Å². The van der Waals surface area contributed by atoms with Crippen molar-refractivity contribution in [1.82, 2.24) is 15.2 Å². The number of ether oxygens (including phenoxy) is 3. The van der Waals surface area contributed by atoms with E-state index in [0.717, 1.165) is 54.9 Å². The van der Waals surface area contributed by atoms with E-state index >= 15 is 0 Å². The first-order valence-electron chi connectivity index (χ1n) is 12.0. The fourth-order valence-corrected chi connectivity index (χ4v) is 5.24. The summed E-state index contributed by atoms with van der Waals surface area (Å²) in [6.07, 6.45) is 3.70. The molecule has 0 aliphatic carbocycles. The summed E-state index contributed by atoms with van der Waals surface area (Å²) in [5, 5.41) is 3.16. The van der Waals surface area contributed by atoms with Crippen LogP contribution in [0.1, 0.15) is 45.2 Å². The largest absolute Gasteiger partial charge is 0.493 e. The number of aromatic nitrogens is 1. The highest BCUT2D eigenvalue weighted by Crippen LogP contribution is 2.44. The van der Waals surface area contributed by atoms with Crippen molar-refractivity contribution in [2.45, 2.75) is 45.8 Å². The molecule has 1 unspecified atom stereocenters. The Bertz CT molecular complexity index is 999. The Morgan fingerprint density at radius 1 is 1.21 bits per heavy atom. The summed E-state index contributed by atoms with van der Waals surface area (Å²) < 4.78 is 17.5. The fraction of sp³-hybridized carbons (Fsp3) is 0.538. The summed E-state index contributed by atoms with van der Waals surface area (Å²) in [5.74, 6) is 1.89. The number of alkyl carbamates (subject to hydrolysis) is 1. The van der Waals surface area contributed by atoms with Gasteiger partial charge in [0.05, 0.1) is 19.3 Å². The van der Waals surface area contributed by atoms with Crippen LogP contribution in [0.4, 0.5) is 4.79 Å². The van der Waals surface area contributed by atoms with Crippen molar-refractivity contribution in [3.63, 3.8) is 0 Å². The van der Waals surface area contributed by atoms with E-state index in [-0.39, 0.29) is 23.7 Å². The SMILES string of the molecule is CCOc1ccc(-c2ccc3c(c2)OCC(C)(C)C3NC(=O)O[C@H]2CN3CCC2CC3)cn1. The monoisotopic (exact) mass is 451 g/mol. The Kier molecular flexibility index (Phi) is 5.91. The second kappa shape index (κ2) is 8.86. The van der Waals surface area contributed by atoms with Crippen LogP contribution in [-0.4, -0.2) is 54.9 Å². The Labute approximate surface area is 195 Å². The highest BCUT2D eigenvalue weighted by atomic mass is 16.6. The number of hydrogen-bond acceptors (Lipinski definition) is 6. The minimum atomic E-state index is -0.334. The van der Waals surface area contributed by atoms with Crippen molar-refractivity contribution in [3.05, 3.63) is 42.1 Å². The molecule has 6 rings (SSSR count). The summed E-state index contributed by atoms with van der Waals surface area (Å²) in [7, 11) is 0. The van der Waals surface area contributed by atoms with Crippen LogP contribution in [0.3, 0.4) is 0 Å². The number of nitrogens with one attached hydrogen (secondary N) is 1. The second-order valence-electron chi connectivity index (χ2n) is 10.0. The minimum absolute atomic E-state index is 0.00976. The summed E-state index contributed by atoms with van der Waals surface area (Å²) in [6, 6.07) is 9.79. The number of piperidine rings is 3. The molecule has 0 spiro atoms. The maximum atomic E-state index is 12.9. The third-order valence-corrected chi connectivity index (χ3v) is 7.18. The molecule has 2 bridgehead atoms. The van der Waals surface area contributed by atoms with Gasteiger partial charge in [-0.15, -0.1) is 0 Å². The van der Waals surface area contributed by atoms with Gasteiger partial charge in [0.25, 0.3) is 0 Å². The molecule has 1 amide bonds. The van der Waals surface area contributed by atoms with Gasteiger partial charge in [-0.1, -0.05) is 26.0 Å². The van der Waals surface area contributed by atoms with Crippen molar-refractivity contribution in [3.8, 4) is 22.8 Å². The van der Waals surface area contributed by atoms with Gasteiger partial charge in [-0.2, -0.15) is 0 Å². The lowest BCUT2D eigenvalue weighted by Gasteiger charge is -2.44. The van der Waals surface area contributed by atoms with Crippen LogP contribution in [0.25, 0.3) is 11.1 Å². The van der Waals surface area contributed by atoms with E-state index in [0.29, 0.717) is 25.0 Å². The lowest BCUT2D eigenvalue weighted by molar-refractivity contribution is -0.0361. The van der Waals surface area contributed by atoms with E-state index < -0.39 is 0 Å². The fourth-order valence-electron chi connectivity index (χ4n) is 5.24. The van der Waals surface area contributed by atoms with Crippen LogP contribution in [0.2, 0.25) is 0 Å². The average molecular weight is 452 g/mol. The number of carbonyl (C=O) groups is 1. The van der Waals surface area contributed by atoms with Gasteiger partial charge in [0.15, 0.2) is 0 Å². The van der Waals surface area contributed by atoms with E-state index in [4.69, 9.17) is 14.2 Å². The molecule has 2 aromatic rings. The molecule has 5 heterocycles. The second-order valence-corrected chi connectivity index (χ2v) is 10.0. The molecule has 0 radical (unpaired) electrons. The normalized spacial score (nSPS) is 27.2. The van der Waals surface area contributed by atoms with E-state index in [1.807, 2.05) is 37.3 Å². The average Bonchev–Trinajstić information content (AvgIpc) is 2.82. The number of pyridine rings is 1. The molecule has 176 valence electrons. The minimum Gasteiger partial charge on any atom is -0.493 e. The lowest BCUT2D eigenvalue weighted by Crippen LogP contribution is -2.53. The molecule has 3 fully saturated rings. The van der Waals surface area contributed by atoms with Crippen molar-refractivity contribution in [2.75, 3.05) is 32.8 Å². The first kappa shape index (κ1) is 22.0.